The lowest BCUT2D eigenvalue weighted by Crippen LogP contribution is -2.27. The molecule has 30 heavy (non-hydrogen) atoms. The fourth-order valence-electron chi connectivity index (χ4n) is 2.81. The molecule has 1 N–H and O–H groups in total. The van der Waals surface area contributed by atoms with Gasteiger partial charge in [-0.3, -0.25) is 19.7 Å². The van der Waals surface area contributed by atoms with E-state index in [0.717, 1.165) is 21.6 Å². The summed E-state index contributed by atoms with van der Waals surface area (Å²) >= 11 is 0. The number of amides is 1. The van der Waals surface area contributed by atoms with Gasteiger partial charge in [0.1, 0.15) is 5.75 Å². The van der Waals surface area contributed by atoms with E-state index in [2.05, 4.69) is 10.1 Å². The zero-order valence-corrected chi connectivity index (χ0v) is 16.7. The maximum atomic E-state index is 12.4. The summed E-state index contributed by atoms with van der Waals surface area (Å²) in [6.07, 6.45) is 0.564. The topological polar surface area (TPSA) is 118 Å². The molecule has 1 amide bonds. The molecule has 3 aromatic rings. The van der Waals surface area contributed by atoms with Crippen LogP contribution >= 0.6 is 0 Å². The number of aromatic nitrogens is 1. The molecule has 0 aliphatic heterocycles. The van der Waals surface area contributed by atoms with E-state index in [-0.39, 0.29) is 11.4 Å². The number of nitro groups is 1. The largest absolute Gasteiger partial charge is 0.426 e. The second-order valence-corrected chi connectivity index (χ2v) is 6.81. The Labute approximate surface area is 172 Å². The van der Waals surface area contributed by atoms with Crippen molar-refractivity contribution in [3.05, 3.63) is 64.3 Å². The first-order valence-corrected chi connectivity index (χ1v) is 9.13. The van der Waals surface area contributed by atoms with Crippen LogP contribution in [0.3, 0.4) is 0 Å². The molecule has 1 unspecified atom stereocenters. The van der Waals surface area contributed by atoms with E-state index >= 15 is 0 Å². The first-order chi connectivity index (χ1) is 14.3. The van der Waals surface area contributed by atoms with Gasteiger partial charge in [0.25, 0.3) is 5.69 Å². The zero-order valence-electron chi connectivity index (χ0n) is 16.7. The Morgan fingerprint density at radius 1 is 1.23 bits per heavy atom. The molecule has 9 nitrogen and oxygen atoms in total. The molecule has 0 saturated heterocycles. The minimum Gasteiger partial charge on any atom is -0.426 e. The number of esters is 1. The molecular formula is C21H20N4O5. The van der Waals surface area contributed by atoms with Crippen LogP contribution in [0.15, 0.2) is 53.6 Å². The third kappa shape index (κ3) is 4.52. The van der Waals surface area contributed by atoms with Gasteiger partial charge in [-0.25, -0.2) is 5.01 Å². The van der Waals surface area contributed by atoms with Crippen LogP contribution < -0.4 is 9.75 Å². The van der Waals surface area contributed by atoms with Crippen LogP contribution in [0.2, 0.25) is 0 Å². The Kier molecular flexibility index (Phi) is 5.91. The number of H-pyrrole nitrogens is 1. The molecule has 0 fully saturated rings. The van der Waals surface area contributed by atoms with E-state index in [1.165, 1.54) is 24.3 Å². The average molecular weight is 408 g/mol. The Morgan fingerprint density at radius 2 is 1.93 bits per heavy atom. The summed E-state index contributed by atoms with van der Waals surface area (Å²) in [5, 5.41) is 17.1. The van der Waals surface area contributed by atoms with Crippen molar-refractivity contribution in [2.24, 2.45) is 11.0 Å². The number of nitro benzene ring substituents is 1. The fraction of sp³-hybridized carbons (Fsp3) is 0.190. The van der Waals surface area contributed by atoms with Gasteiger partial charge in [-0.15, -0.1) is 0 Å². The highest BCUT2D eigenvalue weighted by atomic mass is 16.6. The van der Waals surface area contributed by atoms with E-state index in [9.17, 15) is 19.7 Å². The molecule has 0 bridgehead atoms. The predicted octanol–water partition coefficient (Wildman–Crippen LogP) is 3.96. The Hall–Kier alpha value is -4.01. The highest BCUT2D eigenvalue weighted by Gasteiger charge is 2.20. The molecule has 0 spiro atoms. The first kappa shape index (κ1) is 20.7. The molecule has 0 aliphatic carbocycles. The van der Waals surface area contributed by atoms with Crippen molar-refractivity contribution >= 4 is 40.4 Å². The van der Waals surface area contributed by atoms with Gasteiger partial charge >= 0.3 is 5.97 Å². The van der Waals surface area contributed by atoms with Gasteiger partial charge in [0.2, 0.25) is 6.41 Å². The molecule has 9 heteroatoms. The summed E-state index contributed by atoms with van der Waals surface area (Å²) in [4.78, 5) is 37.4. The maximum absolute atomic E-state index is 12.4. The number of anilines is 1. The van der Waals surface area contributed by atoms with Gasteiger partial charge in [0, 0.05) is 29.1 Å². The van der Waals surface area contributed by atoms with E-state index < -0.39 is 16.8 Å². The van der Waals surface area contributed by atoms with Crippen LogP contribution in [0.25, 0.3) is 10.9 Å². The molecule has 2 aromatic carbocycles. The third-order valence-corrected chi connectivity index (χ3v) is 4.62. The number of nitrogens with zero attached hydrogens (tertiary/aromatic N) is 3. The summed E-state index contributed by atoms with van der Waals surface area (Å²) in [5.74, 6) is -1.14. The number of hydrogen-bond acceptors (Lipinski definition) is 6. The predicted molar refractivity (Wildman–Crippen MR) is 113 cm³/mol. The normalized spacial score (nSPS) is 12.4. The third-order valence-electron chi connectivity index (χ3n) is 4.62. The number of benzene rings is 2. The number of aryl methyl sites for hydroxylation is 1. The van der Waals surface area contributed by atoms with Crippen molar-refractivity contribution < 1.29 is 19.2 Å². The van der Waals surface area contributed by atoms with Crippen molar-refractivity contribution in [1.29, 1.82) is 0 Å². The van der Waals surface area contributed by atoms with Gasteiger partial charge in [-0.05, 0) is 56.5 Å². The van der Waals surface area contributed by atoms with E-state index in [1.54, 1.807) is 26.0 Å². The average Bonchev–Trinajstić information content (AvgIpc) is 3.10. The number of hydrogen-bond donors (Lipinski definition) is 1. The van der Waals surface area contributed by atoms with Crippen LogP contribution in [0, 0.1) is 23.0 Å². The molecule has 1 atom stereocenters. The number of non-ortho nitro benzene ring substituents is 1. The summed E-state index contributed by atoms with van der Waals surface area (Å²) in [7, 11) is 0. The summed E-state index contributed by atoms with van der Waals surface area (Å²) < 4.78 is 5.26. The highest BCUT2D eigenvalue weighted by molar-refractivity contribution is 6.02. The second-order valence-electron chi connectivity index (χ2n) is 6.81. The summed E-state index contributed by atoms with van der Waals surface area (Å²) in [5.41, 5.74) is 2.69. The van der Waals surface area contributed by atoms with Crippen molar-refractivity contribution in [3.8, 4) is 5.75 Å². The van der Waals surface area contributed by atoms with Crippen LogP contribution in [0.1, 0.15) is 19.5 Å². The second kappa shape index (κ2) is 8.56. The van der Waals surface area contributed by atoms with Crippen LogP contribution in [0.5, 0.6) is 5.75 Å². The molecule has 3 rings (SSSR count). The minimum atomic E-state index is -0.737. The van der Waals surface area contributed by atoms with Gasteiger partial charge < -0.3 is 9.72 Å². The molecule has 0 radical (unpaired) electrons. The summed E-state index contributed by atoms with van der Waals surface area (Å²) in [6, 6.07) is 12.6. The van der Waals surface area contributed by atoms with E-state index in [0.29, 0.717) is 17.8 Å². The molecule has 154 valence electrons. The monoisotopic (exact) mass is 408 g/mol. The van der Waals surface area contributed by atoms with Crippen molar-refractivity contribution in [1.82, 2.24) is 4.98 Å². The molecule has 1 heterocycles. The van der Waals surface area contributed by atoms with Gasteiger partial charge in [-0.1, -0.05) is 6.07 Å². The standard InChI is InChI=1S/C21H20N4O5/c1-13-10-16-4-5-18(11-20(16)22-13)24(12-26)23-15(3)14(2)21(27)30-19-8-6-17(7-9-19)25(28)29/h4-12,14,22H,1-3H3/b23-15-. The molecule has 0 saturated carbocycles. The number of rotatable bonds is 7. The molecule has 0 aliphatic rings. The van der Waals surface area contributed by atoms with Crippen LogP contribution in [-0.4, -0.2) is 28.0 Å². The Morgan fingerprint density at radius 3 is 2.57 bits per heavy atom. The zero-order chi connectivity index (χ0) is 21.8. The number of hydrazone groups is 1. The Balaban J connectivity index is 1.74. The molecular weight excluding hydrogens is 388 g/mol. The van der Waals surface area contributed by atoms with Gasteiger partial charge in [0.15, 0.2) is 0 Å². The van der Waals surface area contributed by atoms with E-state index in [1.807, 2.05) is 19.1 Å². The quantitative estimate of drug-likeness (QED) is 0.158. The van der Waals surface area contributed by atoms with Crippen LogP contribution in [0.4, 0.5) is 11.4 Å². The van der Waals surface area contributed by atoms with Crippen molar-refractivity contribution in [2.45, 2.75) is 20.8 Å². The smallest absolute Gasteiger partial charge is 0.319 e. The van der Waals surface area contributed by atoms with Gasteiger partial charge in [-0.2, -0.15) is 5.10 Å². The van der Waals surface area contributed by atoms with Crippen molar-refractivity contribution in [3.63, 3.8) is 0 Å². The van der Waals surface area contributed by atoms with E-state index in [4.69, 9.17) is 4.74 Å². The lowest BCUT2D eigenvalue weighted by atomic mass is 10.1. The number of carbonyl (C=O) groups is 2. The number of ether oxygens (including phenoxy) is 1. The first-order valence-electron chi connectivity index (χ1n) is 9.13. The lowest BCUT2D eigenvalue weighted by molar-refractivity contribution is -0.384. The maximum Gasteiger partial charge on any atom is 0.319 e. The number of nitrogens with one attached hydrogen (secondary N) is 1. The number of carbonyl (C=O) groups excluding carboxylic acids is 2. The van der Waals surface area contributed by atoms with Gasteiger partial charge in [0.05, 0.1) is 16.5 Å². The minimum absolute atomic E-state index is 0.101. The number of aromatic amines is 1. The van der Waals surface area contributed by atoms with Crippen molar-refractivity contribution in [2.75, 3.05) is 5.01 Å². The lowest BCUT2D eigenvalue weighted by Gasteiger charge is -2.16. The summed E-state index contributed by atoms with van der Waals surface area (Å²) in [6.45, 7) is 5.17. The SMILES string of the molecule is C/C(=N/N(C=O)c1ccc2cc(C)[nH]c2c1)C(C)C(=O)Oc1ccc([N+](=O)[O-])cc1. The fourth-order valence-corrected chi connectivity index (χ4v) is 2.81. The number of fused-ring (bicyclic) bond motifs is 1. The van der Waals surface area contributed by atoms with Crippen LogP contribution in [-0.2, 0) is 9.59 Å². The highest BCUT2D eigenvalue weighted by Crippen LogP contribution is 2.23. The molecule has 1 aromatic heterocycles. The Bertz CT molecular complexity index is 1130.